The molecule has 1 aromatic carbocycles. The van der Waals surface area contributed by atoms with Gasteiger partial charge in [0.25, 0.3) is 0 Å². The molecule has 1 aliphatic carbocycles. The molecular weight excluding hydrogens is 268 g/mol. The summed E-state index contributed by atoms with van der Waals surface area (Å²) in [6.45, 7) is 0. The largest absolute Gasteiger partial charge is 0.423 e. The summed E-state index contributed by atoms with van der Waals surface area (Å²) in [6.07, 6.45) is 8.66. The molecule has 6 heteroatoms. The Hall–Kier alpha value is -2.50. The molecule has 0 radical (unpaired) electrons. The number of benzene rings is 1. The van der Waals surface area contributed by atoms with Crippen molar-refractivity contribution in [1.82, 2.24) is 20.2 Å². The van der Waals surface area contributed by atoms with Crippen molar-refractivity contribution in [2.24, 2.45) is 0 Å². The van der Waals surface area contributed by atoms with Gasteiger partial charge in [0, 0.05) is 5.57 Å². The number of hydrogen-bond donors (Lipinski definition) is 0. The van der Waals surface area contributed by atoms with E-state index < -0.39 is 0 Å². The van der Waals surface area contributed by atoms with E-state index in [-0.39, 0.29) is 5.97 Å². The zero-order chi connectivity index (χ0) is 14.5. The smallest absolute Gasteiger partial charge is 0.339 e. The van der Waals surface area contributed by atoms with Crippen molar-refractivity contribution < 1.29 is 9.53 Å². The molecule has 0 unspecified atom stereocenters. The zero-order valence-electron chi connectivity index (χ0n) is 11.6. The second-order valence-electron chi connectivity index (χ2n) is 4.97. The van der Waals surface area contributed by atoms with Crippen molar-refractivity contribution >= 4 is 5.97 Å². The molecule has 0 bridgehead atoms. The molecule has 2 aromatic rings. The van der Waals surface area contributed by atoms with Crippen LogP contribution in [0.25, 0.3) is 5.69 Å². The van der Waals surface area contributed by atoms with Crippen LogP contribution in [0, 0.1) is 0 Å². The lowest BCUT2D eigenvalue weighted by atomic mass is 10.1. The van der Waals surface area contributed by atoms with Crippen LogP contribution < -0.4 is 4.74 Å². The third-order valence-corrected chi connectivity index (χ3v) is 3.46. The maximum absolute atomic E-state index is 12.1. The van der Waals surface area contributed by atoms with E-state index in [1.165, 1.54) is 12.7 Å². The molecule has 3 rings (SSSR count). The number of carbonyl (C=O) groups is 1. The minimum atomic E-state index is -0.243. The number of hydrogen-bond acceptors (Lipinski definition) is 5. The second kappa shape index (κ2) is 6.30. The van der Waals surface area contributed by atoms with Gasteiger partial charge in [-0.1, -0.05) is 12.5 Å². The normalized spacial score (nSPS) is 15.1. The van der Waals surface area contributed by atoms with Gasteiger partial charge in [-0.25, -0.2) is 9.48 Å². The zero-order valence-corrected chi connectivity index (χ0v) is 11.6. The molecule has 0 amide bonds. The average Bonchev–Trinajstić information content (AvgIpc) is 2.90. The quantitative estimate of drug-likeness (QED) is 0.639. The summed E-state index contributed by atoms with van der Waals surface area (Å²) >= 11 is 0. The molecule has 108 valence electrons. The minimum Gasteiger partial charge on any atom is -0.423 e. The number of aromatic nitrogens is 4. The van der Waals surface area contributed by atoms with Crippen molar-refractivity contribution in [2.45, 2.75) is 32.1 Å². The number of rotatable bonds is 3. The first-order valence-electron chi connectivity index (χ1n) is 7.07. The minimum absolute atomic E-state index is 0.243. The van der Waals surface area contributed by atoms with E-state index in [4.69, 9.17) is 4.74 Å². The van der Waals surface area contributed by atoms with Gasteiger partial charge in [-0.3, -0.25) is 0 Å². The fourth-order valence-corrected chi connectivity index (χ4v) is 2.32. The lowest BCUT2D eigenvalue weighted by molar-refractivity contribution is -0.130. The summed E-state index contributed by atoms with van der Waals surface area (Å²) in [6, 6.07) is 7.10. The van der Waals surface area contributed by atoms with E-state index in [2.05, 4.69) is 15.5 Å². The highest BCUT2D eigenvalue weighted by atomic mass is 16.5. The van der Waals surface area contributed by atoms with Crippen LogP contribution in [-0.2, 0) is 4.79 Å². The molecule has 0 aliphatic heterocycles. The Balaban J connectivity index is 1.67. The Morgan fingerprint density at radius 2 is 2.00 bits per heavy atom. The fraction of sp³-hybridized carbons (Fsp3) is 0.333. The molecule has 6 nitrogen and oxygen atoms in total. The van der Waals surface area contributed by atoms with Crippen LogP contribution in [0.3, 0.4) is 0 Å². The van der Waals surface area contributed by atoms with Gasteiger partial charge in [-0.2, -0.15) is 0 Å². The number of carbonyl (C=O) groups excluding carboxylic acids is 1. The number of allylic oxidation sites excluding steroid dienone is 1. The summed E-state index contributed by atoms with van der Waals surface area (Å²) in [5, 5.41) is 11.0. The van der Waals surface area contributed by atoms with Crippen LogP contribution in [0.15, 0.2) is 42.2 Å². The topological polar surface area (TPSA) is 69.9 Å². The first-order valence-corrected chi connectivity index (χ1v) is 7.07. The third kappa shape index (κ3) is 3.34. The van der Waals surface area contributed by atoms with Gasteiger partial charge in [0.05, 0.1) is 5.69 Å². The van der Waals surface area contributed by atoms with Crippen molar-refractivity contribution in [3.63, 3.8) is 0 Å². The van der Waals surface area contributed by atoms with E-state index in [9.17, 15) is 4.79 Å². The molecule has 1 aromatic heterocycles. The summed E-state index contributed by atoms with van der Waals surface area (Å²) in [7, 11) is 0. The van der Waals surface area contributed by atoms with Crippen molar-refractivity contribution in [2.75, 3.05) is 0 Å². The molecule has 0 spiro atoms. The first kappa shape index (κ1) is 13.5. The van der Waals surface area contributed by atoms with Gasteiger partial charge in [-0.15, -0.1) is 5.10 Å². The summed E-state index contributed by atoms with van der Waals surface area (Å²) in [5.74, 6) is 0.286. The summed E-state index contributed by atoms with van der Waals surface area (Å²) < 4.78 is 6.95. The Kier molecular flexibility index (Phi) is 4.04. The Bertz CT molecular complexity index is 632. The van der Waals surface area contributed by atoms with Gasteiger partial charge in [-0.05, 0) is 60.4 Å². The maximum Gasteiger partial charge on any atom is 0.339 e. The van der Waals surface area contributed by atoms with Gasteiger partial charge in [0.2, 0.25) is 0 Å². The van der Waals surface area contributed by atoms with Crippen molar-refractivity contribution in [3.05, 3.63) is 42.2 Å². The number of esters is 1. The highest BCUT2D eigenvalue weighted by Gasteiger charge is 2.13. The number of ether oxygens (including phenoxy) is 1. The van der Waals surface area contributed by atoms with Crippen LogP contribution in [0.5, 0.6) is 5.75 Å². The van der Waals surface area contributed by atoms with Gasteiger partial charge < -0.3 is 4.74 Å². The SMILES string of the molecule is O=C(Oc1ccc(-n2cnnn2)cc1)C1=CCCCCC1. The van der Waals surface area contributed by atoms with Gasteiger partial charge >= 0.3 is 5.97 Å². The molecule has 0 atom stereocenters. The third-order valence-electron chi connectivity index (χ3n) is 3.46. The number of tetrazole rings is 1. The van der Waals surface area contributed by atoms with Crippen molar-refractivity contribution in [1.29, 1.82) is 0 Å². The molecule has 0 saturated carbocycles. The molecule has 21 heavy (non-hydrogen) atoms. The number of nitrogens with zero attached hydrogens (tertiary/aromatic N) is 4. The van der Waals surface area contributed by atoms with E-state index in [1.807, 2.05) is 6.08 Å². The highest BCUT2D eigenvalue weighted by molar-refractivity contribution is 5.90. The van der Waals surface area contributed by atoms with E-state index in [0.29, 0.717) is 5.75 Å². The lowest BCUT2D eigenvalue weighted by Gasteiger charge is -2.07. The maximum atomic E-state index is 12.1. The first-order chi connectivity index (χ1) is 10.3. The predicted molar refractivity (Wildman–Crippen MR) is 76.0 cm³/mol. The Labute approximate surface area is 122 Å². The molecule has 0 N–H and O–H groups in total. The molecular formula is C15H16N4O2. The molecule has 1 heterocycles. The standard InChI is InChI=1S/C15H16N4O2/c20-15(12-5-3-1-2-4-6-12)21-14-9-7-13(8-10-14)19-11-16-17-18-19/h5,7-11H,1-4,6H2. The lowest BCUT2D eigenvalue weighted by Crippen LogP contribution is -2.11. The molecule has 0 fully saturated rings. The predicted octanol–water partition coefficient (Wildman–Crippen LogP) is 2.46. The molecule has 0 saturated heterocycles. The Morgan fingerprint density at radius 1 is 1.14 bits per heavy atom. The average molecular weight is 284 g/mol. The highest BCUT2D eigenvalue weighted by Crippen LogP contribution is 2.20. The van der Waals surface area contributed by atoms with Crippen LogP contribution in [0.1, 0.15) is 32.1 Å². The van der Waals surface area contributed by atoms with Gasteiger partial charge in [0.1, 0.15) is 12.1 Å². The fourth-order valence-electron chi connectivity index (χ4n) is 2.32. The van der Waals surface area contributed by atoms with Crippen LogP contribution in [-0.4, -0.2) is 26.2 Å². The summed E-state index contributed by atoms with van der Waals surface area (Å²) in [5.41, 5.74) is 1.60. The molecule has 1 aliphatic rings. The van der Waals surface area contributed by atoms with E-state index in [0.717, 1.165) is 36.9 Å². The monoisotopic (exact) mass is 284 g/mol. The second-order valence-corrected chi connectivity index (χ2v) is 4.97. The van der Waals surface area contributed by atoms with E-state index >= 15 is 0 Å². The van der Waals surface area contributed by atoms with Crippen LogP contribution in [0.2, 0.25) is 0 Å². The van der Waals surface area contributed by atoms with Crippen LogP contribution in [0.4, 0.5) is 0 Å². The van der Waals surface area contributed by atoms with Crippen molar-refractivity contribution in [3.8, 4) is 11.4 Å². The van der Waals surface area contributed by atoms with E-state index in [1.54, 1.807) is 28.9 Å². The Morgan fingerprint density at radius 3 is 2.76 bits per heavy atom. The van der Waals surface area contributed by atoms with Crippen LogP contribution >= 0.6 is 0 Å². The van der Waals surface area contributed by atoms with Gasteiger partial charge in [0.15, 0.2) is 0 Å². The summed E-state index contributed by atoms with van der Waals surface area (Å²) in [4.78, 5) is 12.1.